The van der Waals surface area contributed by atoms with Crippen LogP contribution in [0.15, 0.2) is 36.9 Å². The van der Waals surface area contributed by atoms with Crippen LogP contribution in [0.5, 0.6) is 0 Å². The second-order valence-electron chi connectivity index (χ2n) is 2.65. The SMILES string of the molecule is C=CCS(=O)(=O)Nc1ccccc1F. The number of rotatable bonds is 4. The molecule has 1 rings (SSSR count). The predicted octanol–water partition coefficient (Wildman–Crippen LogP) is 1.75. The van der Waals surface area contributed by atoms with Gasteiger partial charge in [-0.3, -0.25) is 4.72 Å². The maximum Gasteiger partial charge on any atom is 0.236 e. The molecule has 0 aliphatic rings. The van der Waals surface area contributed by atoms with Crippen LogP contribution in [-0.4, -0.2) is 14.2 Å². The van der Waals surface area contributed by atoms with Crippen LogP contribution >= 0.6 is 0 Å². The summed E-state index contributed by atoms with van der Waals surface area (Å²) in [5.74, 6) is -0.832. The summed E-state index contributed by atoms with van der Waals surface area (Å²) < 4.78 is 37.5. The second kappa shape index (κ2) is 4.23. The lowest BCUT2D eigenvalue weighted by atomic mass is 10.3. The fourth-order valence-electron chi connectivity index (χ4n) is 0.908. The molecular formula is C9H10FNO2S. The van der Waals surface area contributed by atoms with Gasteiger partial charge in [0.15, 0.2) is 0 Å². The number of nitrogens with one attached hydrogen (secondary N) is 1. The van der Waals surface area contributed by atoms with Crippen molar-refractivity contribution in [3.63, 3.8) is 0 Å². The summed E-state index contributed by atoms with van der Waals surface area (Å²) in [5, 5.41) is 0. The van der Waals surface area contributed by atoms with Gasteiger partial charge in [0.2, 0.25) is 10.0 Å². The van der Waals surface area contributed by atoms with E-state index in [1.54, 1.807) is 6.07 Å². The minimum atomic E-state index is -3.52. The van der Waals surface area contributed by atoms with E-state index < -0.39 is 15.8 Å². The molecule has 0 atom stereocenters. The van der Waals surface area contributed by atoms with Crippen LogP contribution in [0.2, 0.25) is 0 Å². The zero-order valence-electron chi connectivity index (χ0n) is 7.40. The first-order valence-electron chi connectivity index (χ1n) is 3.91. The number of hydrogen-bond donors (Lipinski definition) is 1. The normalized spacial score (nSPS) is 10.9. The number of hydrogen-bond acceptors (Lipinski definition) is 2. The summed E-state index contributed by atoms with van der Waals surface area (Å²) in [5.41, 5.74) is -0.0469. The highest BCUT2D eigenvalue weighted by Crippen LogP contribution is 2.13. The monoisotopic (exact) mass is 215 g/mol. The van der Waals surface area contributed by atoms with E-state index in [1.807, 2.05) is 0 Å². The lowest BCUT2D eigenvalue weighted by Gasteiger charge is -2.06. The van der Waals surface area contributed by atoms with Gasteiger partial charge in [-0.15, -0.1) is 6.58 Å². The summed E-state index contributed by atoms with van der Waals surface area (Å²) in [7, 11) is -3.52. The van der Waals surface area contributed by atoms with E-state index in [4.69, 9.17) is 0 Å². The summed E-state index contributed by atoms with van der Waals surface area (Å²) >= 11 is 0. The fraction of sp³-hybridized carbons (Fsp3) is 0.111. The molecule has 0 saturated heterocycles. The molecule has 3 nitrogen and oxygen atoms in total. The van der Waals surface area contributed by atoms with Gasteiger partial charge in [-0.05, 0) is 12.1 Å². The third-order valence-electron chi connectivity index (χ3n) is 1.48. The van der Waals surface area contributed by atoms with Crippen molar-refractivity contribution in [2.75, 3.05) is 10.5 Å². The van der Waals surface area contributed by atoms with Gasteiger partial charge in [-0.25, -0.2) is 12.8 Å². The van der Waals surface area contributed by atoms with Crippen molar-refractivity contribution in [2.45, 2.75) is 0 Å². The molecule has 1 aromatic rings. The fourth-order valence-corrected chi connectivity index (χ4v) is 1.80. The van der Waals surface area contributed by atoms with Gasteiger partial charge in [-0.1, -0.05) is 18.2 Å². The molecule has 0 amide bonds. The molecule has 1 aromatic carbocycles. The largest absolute Gasteiger partial charge is 0.280 e. The third-order valence-corrected chi connectivity index (χ3v) is 2.68. The topological polar surface area (TPSA) is 46.2 Å². The minimum Gasteiger partial charge on any atom is -0.280 e. The maximum absolute atomic E-state index is 13.0. The summed E-state index contributed by atoms with van der Waals surface area (Å²) in [6.07, 6.45) is 1.24. The zero-order chi connectivity index (χ0) is 10.6. The maximum atomic E-state index is 13.0. The molecule has 14 heavy (non-hydrogen) atoms. The average Bonchev–Trinajstić information content (AvgIpc) is 2.08. The van der Waals surface area contributed by atoms with Crippen LogP contribution < -0.4 is 4.72 Å². The van der Waals surface area contributed by atoms with E-state index in [2.05, 4.69) is 11.3 Å². The first-order valence-corrected chi connectivity index (χ1v) is 5.56. The predicted molar refractivity (Wildman–Crippen MR) is 54.0 cm³/mol. The molecule has 0 aliphatic carbocycles. The lowest BCUT2D eigenvalue weighted by Crippen LogP contribution is -2.15. The van der Waals surface area contributed by atoms with Crippen molar-refractivity contribution in [1.29, 1.82) is 0 Å². The summed E-state index contributed by atoms with van der Waals surface area (Å²) in [6, 6.07) is 5.58. The van der Waals surface area contributed by atoms with Crippen molar-refractivity contribution in [1.82, 2.24) is 0 Å². The Morgan fingerprint density at radius 1 is 1.43 bits per heavy atom. The summed E-state index contributed by atoms with van der Waals surface area (Å²) in [6.45, 7) is 3.30. The Morgan fingerprint density at radius 2 is 2.07 bits per heavy atom. The van der Waals surface area contributed by atoms with E-state index in [1.165, 1.54) is 24.3 Å². The van der Waals surface area contributed by atoms with Crippen LogP contribution in [0.25, 0.3) is 0 Å². The van der Waals surface area contributed by atoms with E-state index in [-0.39, 0.29) is 11.4 Å². The number of para-hydroxylation sites is 1. The van der Waals surface area contributed by atoms with E-state index >= 15 is 0 Å². The Hall–Kier alpha value is -1.36. The van der Waals surface area contributed by atoms with Gasteiger partial charge in [0.25, 0.3) is 0 Å². The zero-order valence-corrected chi connectivity index (χ0v) is 8.22. The molecule has 76 valence electrons. The molecule has 0 heterocycles. The van der Waals surface area contributed by atoms with Gasteiger partial charge in [-0.2, -0.15) is 0 Å². The number of halogens is 1. The Labute approximate surface area is 82.3 Å². The van der Waals surface area contributed by atoms with Crippen molar-refractivity contribution in [3.05, 3.63) is 42.7 Å². The Kier molecular flexibility index (Phi) is 3.24. The Bertz CT molecular complexity index is 428. The molecule has 0 spiro atoms. The Balaban J connectivity index is 2.89. The van der Waals surface area contributed by atoms with E-state index in [0.717, 1.165) is 0 Å². The lowest BCUT2D eigenvalue weighted by molar-refractivity contribution is 0.601. The number of sulfonamides is 1. The van der Waals surface area contributed by atoms with Gasteiger partial charge in [0.1, 0.15) is 5.82 Å². The van der Waals surface area contributed by atoms with Crippen LogP contribution in [0.1, 0.15) is 0 Å². The first-order chi connectivity index (χ1) is 6.55. The minimum absolute atomic E-state index is 0.0469. The third kappa shape index (κ3) is 2.85. The van der Waals surface area contributed by atoms with Gasteiger partial charge in [0.05, 0.1) is 11.4 Å². The highest BCUT2D eigenvalue weighted by Gasteiger charge is 2.09. The highest BCUT2D eigenvalue weighted by atomic mass is 32.2. The Morgan fingerprint density at radius 3 is 2.64 bits per heavy atom. The molecule has 0 fully saturated rings. The molecule has 0 saturated carbocycles. The second-order valence-corrected chi connectivity index (χ2v) is 4.42. The number of benzene rings is 1. The van der Waals surface area contributed by atoms with Gasteiger partial charge >= 0.3 is 0 Å². The van der Waals surface area contributed by atoms with Crippen molar-refractivity contribution in [2.24, 2.45) is 0 Å². The van der Waals surface area contributed by atoms with Crippen molar-refractivity contribution in [3.8, 4) is 0 Å². The van der Waals surface area contributed by atoms with E-state index in [9.17, 15) is 12.8 Å². The molecule has 0 unspecified atom stereocenters. The van der Waals surface area contributed by atoms with Crippen molar-refractivity contribution >= 4 is 15.7 Å². The molecule has 0 aromatic heterocycles. The van der Waals surface area contributed by atoms with E-state index in [0.29, 0.717) is 0 Å². The van der Waals surface area contributed by atoms with Crippen LogP contribution in [0.4, 0.5) is 10.1 Å². The molecule has 0 radical (unpaired) electrons. The first kappa shape index (κ1) is 10.7. The molecule has 0 aliphatic heterocycles. The summed E-state index contributed by atoms with van der Waals surface area (Å²) in [4.78, 5) is 0. The highest BCUT2D eigenvalue weighted by molar-refractivity contribution is 7.92. The van der Waals surface area contributed by atoms with Gasteiger partial charge in [0, 0.05) is 0 Å². The smallest absolute Gasteiger partial charge is 0.236 e. The van der Waals surface area contributed by atoms with Gasteiger partial charge < -0.3 is 0 Å². The van der Waals surface area contributed by atoms with Crippen molar-refractivity contribution < 1.29 is 12.8 Å². The van der Waals surface area contributed by atoms with Crippen LogP contribution in [0, 0.1) is 5.82 Å². The quantitative estimate of drug-likeness (QED) is 0.778. The number of anilines is 1. The molecule has 5 heteroatoms. The van der Waals surface area contributed by atoms with Crippen LogP contribution in [-0.2, 0) is 10.0 Å². The van der Waals surface area contributed by atoms with Crippen LogP contribution in [0.3, 0.4) is 0 Å². The molecule has 1 N–H and O–H groups in total. The average molecular weight is 215 g/mol. The molecular weight excluding hydrogens is 205 g/mol. The standard InChI is InChI=1S/C9H10FNO2S/c1-2-7-14(12,13)11-9-6-4-3-5-8(9)10/h2-6,11H,1,7H2. The molecule has 0 bridgehead atoms.